The number of hydrogen-bond donors (Lipinski definition) is 1. The van der Waals surface area contributed by atoms with Crippen molar-refractivity contribution >= 4 is 11.9 Å². The number of aliphatic hydroxyl groups is 1. The Labute approximate surface area is 232 Å². The minimum atomic E-state index is -4.57. The predicted octanol–water partition coefficient (Wildman–Crippen LogP) is 7.24. The molecule has 8 heteroatoms. The standard InChI is InChI=1S/C31H49F3O5/c1-18(19(2)38-25(35)16-26(36)39-27(3,4)5)22-10-11-23-21-9-8-20-17-30(37,31(32,33)34)15-14-28(20,6)24(21)12-13-29(22,23)7/h18-24,37H,8-17H2,1-7H3/t18-,19-,20-,21+,22-,23+,24+,28+,29-,30-/m1/s1. The predicted molar refractivity (Wildman–Crippen MR) is 141 cm³/mol. The Balaban J connectivity index is 1.41. The smallest absolute Gasteiger partial charge is 0.417 e. The molecule has 4 rings (SSSR count). The molecule has 0 saturated heterocycles. The quantitative estimate of drug-likeness (QED) is 0.285. The van der Waals surface area contributed by atoms with Gasteiger partial charge in [0.2, 0.25) is 0 Å². The zero-order valence-corrected chi connectivity index (χ0v) is 24.8. The number of carbonyl (C=O) groups is 2. The number of carbonyl (C=O) groups excluding carboxylic acids is 2. The summed E-state index contributed by atoms with van der Waals surface area (Å²) in [5.41, 5.74) is -3.26. The number of rotatable bonds is 5. The van der Waals surface area contributed by atoms with E-state index in [1.54, 1.807) is 20.8 Å². The fourth-order valence-electron chi connectivity index (χ4n) is 9.59. The Morgan fingerprint density at radius 3 is 2.15 bits per heavy atom. The highest BCUT2D eigenvalue weighted by Crippen LogP contribution is 2.69. The molecule has 1 N–H and O–H groups in total. The van der Waals surface area contributed by atoms with Crippen molar-refractivity contribution in [3.63, 3.8) is 0 Å². The van der Waals surface area contributed by atoms with Crippen molar-refractivity contribution in [2.75, 3.05) is 0 Å². The lowest BCUT2D eigenvalue weighted by atomic mass is 9.43. The number of esters is 2. The third-order valence-corrected chi connectivity index (χ3v) is 11.7. The van der Waals surface area contributed by atoms with Gasteiger partial charge in [-0.2, -0.15) is 13.2 Å². The second-order valence-corrected chi connectivity index (χ2v) is 14.9. The molecule has 0 heterocycles. The van der Waals surface area contributed by atoms with Crippen LogP contribution >= 0.6 is 0 Å². The molecule has 10 atom stereocenters. The molecule has 5 nitrogen and oxygen atoms in total. The summed E-state index contributed by atoms with van der Waals surface area (Å²) in [6.07, 6.45) is 0.638. The largest absolute Gasteiger partial charge is 0.462 e. The van der Waals surface area contributed by atoms with Gasteiger partial charge < -0.3 is 14.6 Å². The highest BCUT2D eigenvalue weighted by atomic mass is 19.4. The summed E-state index contributed by atoms with van der Waals surface area (Å²) in [6, 6.07) is 0. The van der Waals surface area contributed by atoms with Crippen molar-refractivity contribution in [2.45, 2.75) is 136 Å². The van der Waals surface area contributed by atoms with Crippen LogP contribution in [0, 0.1) is 46.3 Å². The van der Waals surface area contributed by atoms with Crippen LogP contribution in [0.2, 0.25) is 0 Å². The molecule has 0 unspecified atom stereocenters. The summed E-state index contributed by atoms with van der Waals surface area (Å²) < 4.78 is 51.9. The molecule has 4 fully saturated rings. The minimum absolute atomic E-state index is 0.0935. The summed E-state index contributed by atoms with van der Waals surface area (Å²) >= 11 is 0. The van der Waals surface area contributed by atoms with E-state index in [2.05, 4.69) is 20.8 Å². The van der Waals surface area contributed by atoms with Crippen molar-refractivity contribution in [3.05, 3.63) is 0 Å². The summed E-state index contributed by atoms with van der Waals surface area (Å²) in [5.74, 6) is 0.657. The first-order valence-corrected chi connectivity index (χ1v) is 15.0. The average Bonchev–Trinajstić information content (AvgIpc) is 3.14. The van der Waals surface area contributed by atoms with E-state index >= 15 is 0 Å². The average molecular weight is 559 g/mol. The van der Waals surface area contributed by atoms with E-state index < -0.39 is 35.7 Å². The second-order valence-electron chi connectivity index (χ2n) is 14.9. The van der Waals surface area contributed by atoms with Crippen LogP contribution in [0.25, 0.3) is 0 Å². The normalized spacial score (nSPS) is 42.0. The third-order valence-electron chi connectivity index (χ3n) is 11.7. The van der Waals surface area contributed by atoms with E-state index in [0.29, 0.717) is 30.1 Å². The molecule has 0 aromatic carbocycles. The number of ether oxygens (including phenoxy) is 2. The molecule has 0 spiro atoms. The second kappa shape index (κ2) is 10.2. The summed E-state index contributed by atoms with van der Waals surface area (Å²) in [6.45, 7) is 13.9. The van der Waals surface area contributed by atoms with E-state index in [4.69, 9.17) is 9.47 Å². The summed E-state index contributed by atoms with van der Waals surface area (Å²) in [5, 5.41) is 10.5. The highest BCUT2D eigenvalue weighted by molar-refractivity contribution is 5.91. The van der Waals surface area contributed by atoms with Gasteiger partial charge in [0.15, 0.2) is 5.60 Å². The molecule has 0 radical (unpaired) electrons. The molecular weight excluding hydrogens is 509 g/mol. The maximum Gasteiger partial charge on any atom is 0.417 e. The Kier molecular flexibility index (Phi) is 8.01. The van der Waals surface area contributed by atoms with Crippen molar-refractivity contribution in [2.24, 2.45) is 46.3 Å². The van der Waals surface area contributed by atoms with Crippen LogP contribution in [0.1, 0.15) is 113 Å². The monoisotopic (exact) mass is 558 g/mol. The van der Waals surface area contributed by atoms with Crippen LogP contribution in [0.3, 0.4) is 0 Å². The minimum Gasteiger partial charge on any atom is -0.462 e. The van der Waals surface area contributed by atoms with Gasteiger partial charge in [-0.1, -0.05) is 20.8 Å². The molecule has 0 amide bonds. The van der Waals surface area contributed by atoms with E-state index in [1.165, 1.54) is 0 Å². The van der Waals surface area contributed by atoms with Gasteiger partial charge in [-0.15, -0.1) is 0 Å². The third kappa shape index (κ3) is 5.61. The maximum absolute atomic E-state index is 13.7. The molecule has 224 valence electrons. The Bertz CT molecular complexity index is 943. The van der Waals surface area contributed by atoms with Gasteiger partial charge in [0.25, 0.3) is 0 Å². The zero-order chi connectivity index (χ0) is 29.2. The maximum atomic E-state index is 13.7. The summed E-state index contributed by atoms with van der Waals surface area (Å²) in [4.78, 5) is 24.6. The van der Waals surface area contributed by atoms with E-state index in [-0.39, 0.29) is 41.6 Å². The van der Waals surface area contributed by atoms with Gasteiger partial charge >= 0.3 is 18.1 Å². The number of fused-ring (bicyclic) bond motifs is 5. The first-order valence-electron chi connectivity index (χ1n) is 15.0. The van der Waals surface area contributed by atoms with Crippen LogP contribution in [-0.4, -0.2) is 40.5 Å². The lowest BCUT2D eigenvalue weighted by Crippen LogP contribution is -2.59. The molecule has 0 aliphatic heterocycles. The number of halogens is 3. The molecule has 4 aliphatic rings. The van der Waals surface area contributed by atoms with E-state index in [9.17, 15) is 27.9 Å². The van der Waals surface area contributed by atoms with Crippen molar-refractivity contribution in [1.82, 2.24) is 0 Å². The number of alkyl halides is 3. The molecule has 39 heavy (non-hydrogen) atoms. The Hall–Kier alpha value is -1.31. The molecule has 0 aromatic rings. The van der Waals surface area contributed by atoms with Crippen molar-refractivity contribution < 1.29 is 37.3 Å². The van der Waals surface area contributed by atoms with Crippen molar-refractivity contribution in [3.8, 4) is 0 Å². The van der Waals surface area contributed by atoms with Crippen LogP contribution < -0.4 is 0 Å². The fraction of sp³-hybridized carbons (Fsp3) is 0.935. The molecule has 0 aromatic heterocycles. The van der Waals surface area contributed by atoms with Crippen LogP contribution in [-0.2, 0) is 19.1 Å². The zero-order valence-electron chi connectivity index (χ0n) is 24.8. The lowest BCUT2D eigenvalue weighted by molar-refractivity contribution is -0.290. The molecule has 4 saturated carbocycles. The van der Waals surface area contributed by atoms with Gasteiger partial charge in [0, 0.05) is 0 Å². The van der Waals surface area contributed by atoms with Gasteiger partial charge in [-0.05, 0) is 132 Å². The van der Waals surface area contributed by atoms with E-state index in [0.717, 1.165) is 38.5 Å². The summed E-state index contributed by atoms with van der Waals surface area (Å²) in [7, 11) is 0. The van der Waals surface area contributed by atoms with Gasteiger partial charge in [0.05, 0.1) is 0 Å². The van der Waals surface area contributed by atoms with Crippen molar-refractivity contribution in [1.29, 1.82) is 0 Å². The molecular formula is C31H49F3O5. The fourth-order valence-corrected chi connectivity index (χ4v) is 9.59. The molecule has 0 bridgehead atoms. The number of hydrogen-bond acceptors (Lipinski definition) is 5. The Morgan fingerprint density at radius 2 is 1.54 bits per heavy atom. The van der Waals surface area contributed by atoms with Crippen LogP contribution in [0.5, 0.6) is 0 Å². The first kappa shape index (κ1) is 30.6. The van der Waals surface area contributed by atoms with Crippen LogP contribution in [0.4, 0.5) is 13.2 Å². The lowest BCUT2D eigenvalue weighted by Gasteiger charge is -2.62. The first-order chi connectivity index (χ1) is 17.8. The molecule has 4 aliphatic carbocycles. The SMILES string of the molecule is C[C@@H]([C@H]1CC[C@H]2[C@@H]3CC[C@@H]4C[C@@](O)(C(F)(F)F)CC[C@]4(C)[C@H]3CC[C@]12C)[C@@H](C)OC(=O)CC(=O)OC(C)(C)C. The van der Waals surface area contributed by atoms with Gasteiger partial charge in [-0.25, -0.2) is 0 Å². The topological polar surface area (TPSA) is 72.8 Å². The van der Waals surface area contributed by atoms with Gasteiger partial charge in [0.1, 0.15) is 18.1 Å². The Morgan fingerprint density at radius 1 is 0.897 bits per heavy atom. The van der Waals surface area contributed by atoms with Gasteiger partial charge in [-0.3, -0.25) is 9.59 Å². The highest BCUT2D eigenvalue weighted by Gasteiger charge is 2.65. The van der Waals surface area contributed by atoms with E-state index in [1.807, 2.05) is 6.92 Å². The van der Waals surface area contributed by atoms with Crippen LogP contribution in [0.15, 0.2) is 0 Å².